The van der Waals surface area contributed by atoms with Crippen LogP contribution in [0.2, 0.25) is 5.02 Å². The van der Waals surface area contributed by atoms with Crippen LogP contribution in [0.5, 0.6) is 11.5 Å². The summed E-state index contributed by atoms with van der Waals surface area (Å²) in [4.78, 5) is 0. The first-order chi connectivity index (χ1) is 9.51. The number of aromatic hydroxyl groups is 1. The van der Waals surface area contributed by atoms with E-state index in [2.05, 4.69) is 21.2 Å². The van der Waals surface area contributed by atoms with Crippen LogP contribution in [-0.2, 0) is 6.54 Å². The zero-order valence-electron chi connectivity index (χ0n) is 11.2. The van der Waals surface area contributed by atoms with Crippen molar-refractivity contribution in [2.45, 2.75) is 13.5 Å². The summed E-state index contributed by atoms with van der Waals surface area (Å²) in [7, 11) is 1.57. The van der Waals surface area contributed by atoms with Crippen molar-refractivity contribution >= 4 is 33.2 Å². The highest BCUT2D eigenvalue weighted by molar-refractivity contribution is 9.10. The SMILES string of the molecule is COc1ccc(CNc2cc(Cl)c(C)cc2Br)c(O)c1. The van der Waals surface area contributed by atoms with Crippen LogP contribution in [0, 0.1) is 6.92 Å². The van der Waals surface area contributed by atoms with Gasteiger partial charge in [-0.15, -0.1) is 0 Å². The fourth-order valence-electron chi connectivity index (χ4n) is 1.79. The summed E-state index contributed by atoms with van der Waals surface area (Å²) in [5, 5.41) is 13.9. The van der Waals surface area contributed by atoms with Gasteiger partial charge in [-0.2, -0.15) is 0 Å². The van der Waals surface area contributed by atoms with Gasteiger partial charge in [-0.05, 0) is 52.7 Å². The van der Waals surface area contributed by atoms with E-state index in [0.29, 0.717) is 17.3 Å². The molecule has 0 spiro atoms. The maximum atomic E-state index is 9.91. The van der Waals surface area contributed by atoms with E-state index in [0.717, 1.165) is 21.3 Å². The minimum atomic E-state index is 0.200. The first-order valence-electron chi connectivity index (χ1n) is 6.06. The summed E-state index contributed by atoms with van der Waals surface area (Å²) < 4.78 is 5.99. The van der Waals surface area contributed by atoms with E-state index in [1.54, 1.807) is 13.2 Å². The molecule has 0 aliphatic carbocycles. The van der Waals surface area contributed by atoms with Gasteiger partial charge in [0.1, 0.15) is 11.5 Å². The number of halogens is 2. The number of hydrogen-bond acceptors (Lipinski definition) is 3. The van der Waals surface area contributed by atoms with Crippen molar-refractivity contribution in [3.63, 3.8) is 0 Å². The topological polar surface area (TPSA) is 41.5 Å². The minimum Gasteiger partial charge on any atom is -0.507 e. The molecule has 106 valence electrons. The molecule has 0 heterocycles. The molecule has 0 unspecified atom stereocenters. The Morgan fingerprint density at radius 3 is 2.70 bits per heavy atom. The Bertz CT molecular complexity index is 632. The molecule has 0 amide bonds. The Morgan fingerprint density at radius 2 is 2.05 bits per heavy atom. The molecule has 2 aromatic rings. The highest BCUT2D eigenvalue weighted by Gasteiger charge is 2.07. The van der Waals surface area contributed by atoms with Crippen molar-refractivity contribution in [1.82, 2.24) is 0 Å². The third-order valence-electron chi connectivity index (χ3n) is 3.01. The molecule has 20 heavy (non-hydrogen) atoms. The number of phenolic OH excluding ortho intramolecular Hbond substituents is 1. The maximum Gasteiger partial charge on any atom is 0.124 e. The first-order valence-corrected chi connectivity index (χ1v) is 7.23. The maximum absolute atomic E-state index is 9.91. The lowest BCUT2D eigenvalue weighted by molar-refractivity contribution is 0.406. The van der Waals surface area contributed by atoms with Crippen LogP contribution in [0.15, 0.2) is 34.8 Å². The molecule has 0 aromatic heterocycles. The summed E-state index contributed by atoms with van der Waals surface area (Å²) >= 11 is 9.60. The molecule has 0 aliphatic rings. The van der Waals surface area contributed by atoms with Gasteiger partial charge >= 0.3 is 0 Å². The number of benzene rings is 2. The minimum absolute atomic E-state index is 0.200. The summed E-state index contributed by atoms with van der Waals surface area (Å²) in [5.41, 5.74) is 2.68. The number of hydrogen-bond donors (Lipinski definition) is 2. The van der Waals surface area contributed by atoms with Gasteiger partial charge in [0.15, 0.2) is 0 Å². The van der Waals surface area contributed by atoms with Gasteiger partial charge in [0, 0.05) is 27.7 Å². The van der Waals surface area contributed by atoms with Crippen molar-refractivity contribution in [3.8, 4) is 11.5 Å². The lowest BCUT2D eigenvalue weighted by atomic mass is 10.1. The predicted octanol–water partition coefficient (Wildman–Crippen LogP) is 4.74. The number of methoxy groups -OCH3 is 1. The van der Waals surface area contributed by atoms with Crippen LogP contribution in [-0.4, -0.2) is 12.2 Å². The summed E-state index contributed by atoms with van der Waals surface area (Å²) in [6, 6.07) is 9.05. The quantitative estimate of drug-likeness (QED) is 0.831. The van der Waals surface area contributed by atoms with Crippen LogP contribution in [0.1, 0.15) is 11.1 Å². The highest BCUT2D eigenvalue weighted by Crippen LogP contribution is 2.30. The molecule has 5 heteroatoms. The van der Waals surface area contributed by atoms with Gasteiger partial charge in [-0.25, -0.2) is 0 Å². The van der Waals surface area contributed by atoms with E-state index in [1.165, 1.54) is 0 Å². The molecule has 2 N–H and O–H groups in total. The Labute approximate surface area is 131 Å². The summed E-state index contributed by atoms with van der Waals surface area (Å²) in [5.74, 6) is 0.831. The fourth-order valence-corrected chi connectivity index (χ4v) is 2.55. The molecule has 0 atom stereocenters. The van der Waals surface area contributed by atoms with Crippen LogP contribution >= 0.6 is 27.5 Å². The van der Waals surface area contributed by atoms with Crippen molar-refractivity contribution in [1.29, 1.82) is 0 Å². The van der Waals surface area contributed by atoms with Crippen molar-refractivity contribution < 1.29 is 9.84 Å². The molecule has 0 saturated carbocycles. The molecule has 0 bridgehead atoms. The summed E-state index contributed by atoms with van der Waals surface area (Å²) in [6.45, 7) is 2.44. The smallest absolute Gasteiger partial charge is 0.124 e. The van der Waals surface area contributed by atoms with E-state index < -0.39 is 0 Å². The number of nitrogens with one attached hydrogen (secondary N) is 1. The van der Waals surface area contributed by atoms with Gasteiger partial charge in [0.2, 0.25) is 0 Å². The second-order valence-corrected chi connectivity index (χ2v) is 5.69. The average molecular weight is 357 g/mol. The van der Waals surface area contributed by atoms with Crippen molar-refractivity contribution in [3.05, 3.63) is 51.0 Å². The third-order valence-corrected chi connectivity index (χ3v) is 4.07. The Kier molecular flexibility index (Phi) is 4.78. The number of rotatable bonds is 4. The first kappa shape index (κ1) is 15.0. The Hall–Kier alpha value is -1.39. The van der Waals surface area contributed by atoms with Crippen molar-refractivity contribution in [2.24, 2.45) is 0 Å². The molecular formula is C15H15BrClNO2. The van der Waals surface area contributed by atoms with E-state index in [-0.39, 0.29) is 5.75 Å². The van der Waals surface area contributed by atoms with E-state index in [9.17, 15) is 5.11 Å². The second kappa shape index (κ2) is 6.37. The fraction of sp³-hybridized carbons (Fsp3) is 0.200. The molecule has 0 saturated heterocycles. The molecule has 3 nitrogen and oxygen atoms in total. The molecular weight excluding hydrogens is 342 g/mol. The van der Waals surface area contributed by atoms with Crippen LogP contribution < -0.4 is 10.1 Å². The van der Waals surface area contributed by atoms with Gasteiger partial charge in [-0.3, -0.25) is 0 Å². The largest absolute Gasteiger partial charge is 0.507 e. The van der Waals surface area contributed by atoms with E-state index in [1.807, 2.05) is 31.2 Å². The zero-order valence-corrected chi connectivity index (χ0v) is 13.5. The van der Waals surface area contributed by atoms with Gasteiger partial charge in [-0.1, -0.05) is 11.6 Å². The number of aryl methyl sites for hydroxylation is 1. The van der Waals surface area contributed by atoms with E-state index in [4.69, 9.17) is 16.3 Å². The van der Waals surface area contributed by atoms with E-state index >= 15 is 0 Å². The van der Waals surface area contributed by atoms with Crippen LogP contribution in [0.3, 0.4) is 0 Å². The van der Waals surface area contributed by atoms with Gasteiger partial charge in [0.05, 0.1) is 12.8 Å². The molecule has 0 radical (unpaired) electrons. The molecule has 2 aromatic carbocycles. The third kappa shape index (κ3) is 3.38. The van der Waals surface area contributed by atoms with Crippen LogP contribution in [0.4, 0.5) is 5.69 Å². The monoisotopic (exact) mass is 355 g/mol. The molecule has 2 rings (SSSR count). The van der Waals surface area contributed by atoms with Gasteiger partial charge in [0.25, 0.3) is 0 Å². The summed E-state index contributed by atoms with van der Waals surface area (Å²) in [6.07, 6.45) is 0. The normalized spacial score (nSPS) is 10.4. The lowest BCUT2D eigenvalue weighted by Gasteiger charge is -2.12. The standard InChI is InChI=1S/C15H15BrClNO2/c1-9-5-12(16)14(7-13(9)17)18-8-10-3-4-11(20-2)6-15(10)19/h3-7,18-19H,8H2,1-2H3. The van der Waals surface area contributed by atoms with Crippen LogP contribution in [0.25, 0.3) is 0 Å². The van der Waals surface area contributed by atoms with Gasteiger partial charge < -0.3 is 15.2 Å². The highest BCUT2D eigenvalue weighted by atomic mass is 79.9. The Balaban J connectivity index is 2.15. The average Bonchev–Trinajstić information content (AvgIpc) is 2.42. The number of anilines is 1. The zero-order chi connectivity index (χ0) is 14.7. The Morgan fingerprint density at radius 1 is 1.30 bits per heavy atom. The lowest BCUT2D eigenvalue weighted by Crippen LogP contribution is -2.01. The molecule has 0 fully saturated rings. The predicted molar refractivity (Wildman–Crippen MR) is 85.9 cm³/mol. The number of ether oxygens (including phenoxy) is 1. The van der Waals surface area contributed by atoms with Crippen molar-refractivity contribution in [2.75, 3.05) is 12.4 Å². The number of phenols is 1. The second-order valence-electron chi connectivity index (χ2n) is 4.43. The molecule has 0 aliphatic heterocycles.